The topological polar surface area (TPSA) is 83.1 Å². The maximum Gasteiger partial charge on any atom is 0.336 e. The van der Waals surface area contributed by atoms with Crippen molar-refractivity contribution in [3.63, 3.8) is 0 Å². The number of benzene rings is 2. The number of hydrogen-bond acceptors (Lipinski definition) is 7. The Morgan fingerprint density at radius 3 is 2.43 bits per heavy atom. The summed E-state index contributed by atoms with van der Waals surface area (Å²) in [4.78, 5) is 26.9. The molecule has 0 amide bonds. The zero-order valence-electron chi connectivity index (χ0n) is 21.2. The van der Waals surface area contributed by atoms with Gasteiger partial charge in [0.25, 0.3) is 0 Å². The van der Waals surface area contributed by atoms with E-state index in [4.69, 9.17) is 18.9 Å². The highest BCUT2D eigenvalue weighted by atomic mass is 79.9. The van der Waals surface area contributed by atoms with Crippen LogP contribution in [0.3, 0.4) is 0 Å². The molecule has 0 aromatic heterocycles. The molecule has 1 N–H and O–H groups in total. The summed E-state index contributed by atoms with van der Waals surface area (Å²) in [7, 11) is 4.67. The molecule has 9 heteroatoms. The lowest BCUT2D eigenvalue weighted by Crippen LogP contribution is -2.36. The van der Waals surface area contributed by atoms with E-state index in [0.717, 1.165) is 11.3 Å². The molecule has 0 spiro atoms. The Labute approximate surface area is 223 Å². The van der Waals surface area contributed by atoms with Gasteiger partial charge in [0.2, 0.25) is 0 Å². The van der Waals surface area contributed by atoms with Gasteiger partial charge in [0.05, 0.1) is 30.9 Å². The molecule has 1 aliphatic carbocycles. The summed E-state index contributed by atoms with van der Waals surface area (Å²) in [5.74, 6) is -0.650. The average Bonchev–Trinajstić information content (AvgIpc) is 2.88. The molecule has 1 aliphatic heterocycles. The molecule has 7 nitrogen and oxygen atoms in total. The van der Waals surface area contributed by atoms with Crippen molar-refractivity contribution in [1.82, 2.24) is 5.32 Å². The number of dihydropyridines is 1. The van der Waals surface area contributed by atoms with E-state index in [1.54, 1.807) is 33.3 Å². The predicted octanol–water partition coefficient (Wildman–Crippen LogP) is 5.16. The van der Waals surface area contributed by atoms with Gasteiger partial charge in [0.1, 0.15) is 12.4 Å². The van der Waals surface area contributed by atoms with Gasteiger partial charge in [-0.25, -0.2) is 9.18 Å². The maximum absolute atomic E-state index is 14.1. The molecular formula is C28H29BrFNO6. The van der Waals surface area contributed by atoms with Crippen LogP contribution in [0.1, 0.15) is 42.7 Å². The number of rotatable bonds is 8. The van der Waals surface area contributed by atoms with Crippen molar-refractivity contribution in [2.24, 2.45) is 0 Å². The number of carbonyl (C=O) groups is 2. The van der Waals surface area contributed by atoms with Gasteiger partial charge in [0, 0.05) is 36.4 Å². The van der Waals surface area contributed by atoms with E-state index in [1.165, 1.54) is 13.2 Å². The number of ether oxygens (including phenoxy) is 4. The van der Waals surface area contributed by atoms with Crippen LogP contribution >= 0.6 is 15.9 Å². The summed E-state index contributed by atoms with van der Waals surface area (Å²) in [5, 5.41) is 3.31. The Morgan fingerprint density at radius 1 is 1.03 bits per heavy atom. The summed E-state index contributed by atoms with van der Waals surface area (Å²) in [6.45, 7) is 2.11. The van der Waals surface area contributed by atoms with Gasteiger partial charge in [-0.1, -0.05) is 12.1 Å². The molecule has 0 fully saturated rings. The van der Waals surface area contributed by atoms with Gasteiger partial charge < -0.3 is 24.3 Å². The lowest BCUT2D eigenvalue weighted by Gasteiger charge is -2.37. The first-order chi connectivity index (χ1) is 17.8. The maximum atomic E-state index is 14.1. The highest BCUT2D eigenvalue weighted by Gasteiger charge is 2.41. The molecule has 4 rings (SSSR count). The van der Waals surface area contributed by atoms with E-state index in [1.807, 2.05) is 18.2 Å². The van der Waals surface area contributed by atoms with Gasteiger partial charge in [-0.15, -0.1) is 0 Å². The zero-order valence-corrected chi connectivity index (χ0v) is 22.7. The molecule has 0 saturated heterocycles. The monoisotopic (exact) mass is 573 g/mol. The fraction of sp³-hybridized carbons (Fsp3) is 0.357. The standard InChI is InChI=1S/C28H29BrFNO6/c1-15-25(28(33)37-10-9-34-2)26(17-5-7-20(30)19(29)11-17)27-21(31-15)12-18(13-22(27)32)16-6-8-23(35-3)24(14-16)36-4/h5-8,11,14,18,26,31H,9-10,12-13H2,1-4H3/t18-,26-/m0/s1. The molecule has 0 radical (unpaired) electrons. The molecule has 0 bridgehead atoms. The van der Waals surface area contributed by atoms with Crippen LogP contribution in [-0.4, -0.2) is 46.3 Å². The second-order valence-corrected chi connectivity index (χ2v) is 9.79. The molecule has 2 atom stereocenters. The fourth-order valence-electron chi connectivity index (χ4n) is 4.97. The molecule has 2 aromatic rings. The minimum atomic E-state index is -0.693. The molecule has 0 unspecified atom stereocenters. The fourth-order valence-corrected chi connectivity index (χ4v) is 5.37. The molecule has 196 valence electrons. The average molecular weight is 574 g/mol. The van der Waals surface area contributed by atoms with Gasteiger partial charge >= 0.3 is 5.97 Å². The predicted molar refractivity (Wildman–Crippen MR) is 139 cm³/mol. The van der Waals surface area contributed by atoms with Crippen LogP contribution in [0.15, 0.2) is 63.4 Å². The molecular weight excluding hydrogens is 545 g/mol. The van der Waals surface area contributed by atoms with Crippen LogP contribution in [0.5, 0.6) is 11.5 Å². The third-order valence-corrected chi connectivity index (χ3v) is 7.33. The lowest BCUT2D eigenvalue weighted by molar-refractivity contribution is -0.140. The first kappa shape index (κ1) is 26.9. The number of halogens is 2. The number of hydrogen-bond donors (Lipinski definition) is 1. The van der Waals surface area contributed by atoms with Gasteiger partial charge in [-0.3, -0.25) is 4.79 Å². The van der Waals surface area contributed by atoms with Crippen molar-refractivity contribution >= 4 is 27.7 Å². The Kier molecular flexibility index (Phi) is 8.34. The van der Waals surface area contributed by atoms with Crippen molar-refractivity contribution < 1.29 is 32.9 Å². The van der Waals surface area contributed by atoms with E-state index < -0.39 is 17.7 Å². The Bertz CT molecular complexity index is 1290. The lowest BCUT2D eigenvalue weighted by atomic mass is 9.71. The van der Waals surface area contributed by atoms with Crippen LogP contribution in [0.25, 0.3) is 0 Å². The largest absolute Gasteiger partial charge is 0.493 e. The molecule has 0 saturated carbocycles. The van der Waals surface area contributed by atoms with Crippen molar-refractivity contribution in [2.75, 3.05) is 34.5 Å². The zero-order chi connectivity index (χ0) is 26.7. The number of allylic oxidation sites excluding steroid dienone is 3. The van der Waals surface area contributed by atoms with E-state index in [9.17, 15) is 14.0 Å². The van der Waals surface area contributed by atoms with Gasteiger partial charge in [-0.05, 0) is 70.6 Å². The van der Waals surface area contributed by atoms with Crippen LogP contribution in [0, 0.1) is 5.82 Å². The smallest absolute Gasteiger partial charge is 0.336 e. The molecule has 37 heavy (non-hydrogen) atoms. The molecule has 2 aromatic carbocycles. The van der Waals surface area contributed by atoms with Crippen LogP contribution in [0.4, 0.5) is 4.39 Å². The second kappa shape index (κ2) is 11.5. The number of Topliss-reactive ketones (excluding diaryl/α,β-unsaturated/α-hetero) is 1. The van der Waals surface area contributed by atoms with Crippen molar-refractivity contribution in [3.05, 3.63) is 80.4 Å². The van der Waals surface area contributed by atoms with Crippen molar-refractivity contribution in [3.8, 4) is 11.5 Å². The number of ketones is 1. The van der Waals surface area contributed by atoms with E-state index in [0.29, 0.717) is 40.3 Å². The first-order valence-electron chi connectivity index (χ1n) is 11.9. The summed E-state index contributed by atoms with van der Waals surface area (Å²) in [6, 6.07) is 10.2. The minimum Gasteiger partial charge on any atom is -0.493 e. The van der Waals surface area contributed by atoms with Crippen molar-refractivity contribution in [2.45, 2.75) is 31.6 Å². The highest BCUT2D eigenvalue weighted by Crippen LogP contribution is 2.47. The van der Waals surface area contributed by atoms with Crippen LogP contribution < -0.4 is 14.8 Å². The summed E-state index contributed by atoms with van der Waals surface area (Å²) in [6.07, 6.45) is 0.804. The van der Waals surface area contributed by atoms with Crippen LogP contribution in [-0.2, 0) is 19.1 Å². The Balaban J connectivity index is 1.75. The van der Waals surface area contributed by atoms with E-state index >= 15 is 0 Å². The Morgan fingerprint density at radius 2 is 1.76 bits per heavy atom. The second-order valence-electron chi connectivity index (χ2n) is 8.93. The van der Waals surface area contributed by atoms with Gasteiger partial charge in [0.15, 0.2) is 17.3 Å². The molecule has 2 aliphatic rings. The van der Waals surface area contributed by atoms with E-state index in [-0.39, 0.29) is 35.8 Å². The number of carbonyl (C=O) groups excluding carboxylic acids is 2. The normalized spacial score (nSPS) is 19.4. The SMILES string of the molecule is COCCOC(=O)C1=C(C)NC2=C(C(=O)C[C@@H](c3ccc(OC)c(OC)c3)C2)[C@H]1c1ccc(F)c(Br)c1. The van der Waals surface area contributed by atoms with Crippen molar-refractivity contribution in [1.29, 1.82) is 0 Å². The number of esters is 1. The summed E-state index contributed by atoms with van der Waals surface area (Å²) in [5.41, 5.74) is 3.73. The molecule has 1 heterocycles. The number of nitrogens with one attached hydrogen (secondary N) is 1. The van der Waals surface area contributed by atoms with Crippen LogP contribution in [0.2, 0.25) is 0 Å². The first-order valence-corrected chi connectivity index (χ1v) is 12.6. The number of methoxy groups -OCH3 is 3. The Hall–Kier alpha value is -3.17. The quantitative estimate of drug-likeness (QED) is 0.345. The highest BCUT2D eigenvalue weighted by molar-refractivity contribution is 9.10. The third kappa shape index (κ3) is 5.43. The summed E-state index contributed by atoms with van der Waals surface area (Å²) >= 11 is 3.24. The summed E-state index contributed by atoms with van der Waals surface area (Å²) < 4.78 is 35.6. The van der Waals surface area contributed by atoms with Gasteiger partial charge in [-0.2, -0.15) is 0 Å². The minimum absolute atomic E-state index is 0.0766. The van der Waals surface area contributed by atoms with E-state index in [2.05, 4.69) is 21.2 Å². The third-order valence-electron chi connectivity index (χ3n) is 6.72.